The van der Waals surface area contributed by atoms with E-state index in [1.54, 1.807) is 18.2 Å². The molecule has 0 unspecified atom stereocenters. The lowest BCUT2D eigenvalue weighted by Gasteiger charge is -1.97. The summed E-state index contributed by atoms with van der Waals surface area (Å²) in [6, 6.07) is 5.19. The Labute approximate surface area is 97.3 Å². The summed E-state index contributed by atoms with van der Waals surface area (Å²) in [6.07, 6.45) is 0. The number of benzene rings is 1. The molecular formula is C12H12N2O3. The van der Waals surface area contributed by atoms with E-state index in [0.29, 0.717) is 11.0 Å². The smallest absolute Gasteiger partial charge is 0.274 e. The van der Waals surface area contributed by atoms with Crippen molar-refractivity contribution in [3.05, 3.63) is 34.2 Å². The predicted molar refractivity (Wildman–Crippen MR) is 63.5 cm³/mol. The van der Waals surface area contributed by atoms with Crippen molar-refractivity contribution in [2.75, 3.05) is 0 Å². The standard InChI is InChI=1S/C12H12N2O3/c1-7-4-5-10-11(6-7)14(9(3)16)12(17)13(10)8(2)15/h4-6H,1-3H3. The maximum atomic E-state index is 12.0. The molecule has 0 fully saturated rings. The van der Waals surface area contributed by atoms with Gasteiger partial charge in [-0.2, -0.15) is 0 Å². The van der Waals surface area contributed by atoms with Crippen molar-refractivity contribution >= 4 is 22.8 Å². The monoisotopic (exact) mass is 232 g/mol. The number of imidazole rings is 1. The zero-order valence-electron chi connectivity index (χ0n) is 9.85. The van der Waals surface area contributed by atoms with E-state index in [4.69, 9.17) is 0 Å². The Kier molecular flexibility index (Phi) is 2.46. The number of fused-ring (bicyclic) bond motifs is 1. The highest BCUT2D eigenvalue weighted by atomic mass is 16.2. The molecule has 2 rings (SSSR count). The highest BCUT2D eigenvalue weighted by Gasteiger charge is 2.17. The van der Waals surface area contributed by atoms with E-state index in [0.717, 1.165) is 14.7 Å². The van der Waals surface area contributed by atoms with Crippen LogP contribution in [0.25, 0.3) is 11.0 Å². The molecule has 0 spiro atoms. The average molecular weight is 232 g/mol. The zero-order valence-corrected chi connectivity index (χ0v) is 9.85. The number of hydrogen-bond acceptors (Lipinski definition) is 3. The normalized spacial score (nSPS) is 10.8. The maximum Gasteiger partial charge on any atom is 0.342 e. The minimum Gasteiger partial charge on any atom is -0.274 e. The van der Waals surface area contributed by atoms with Crippen molar-refractivity contribution in [2.45, 2.75) is 20.8 Å². The quantitative estimate of drug-likeness (QED) is 0.690. The highest BCUT2D eigenvalue weighted by Crippen LogP contribution is 2.15. The van der Waals surface area contributed by atoms with Crippen LogP contribution < -0.4 is 5.69 Å². The third kappa shape index (κ3) is 1.60. The third-order valence-electron chi connectivity index (χ3n) is 2.63. The molecular weight excluding hydrogens is 220 g/mol. The van der Waals surface area contributed by atoms with Crippen LogP contribution in [0, 0.1) is 6.92 Å². The van der Waals surface area contributed by atoms with Gasteiger partial charge in [-0.3, -0.25) is 9.59 Å². The summed E-state index contributed by atoms with van der Waals surface area (Å²) in [5, 5.41) is 0. The lowest BCUT2D eigenvalue weighted by Crippen LogP contribution is -2.30. The van der Waals surface area contributed by atoms with Crippen LogP contribution in [0.2, 0.25) is 0 Å². The molecule has 1 aromatic carbocycles. The Morgan fingerprint density at radius 2 is 1.53 bits per heavy atom. The third-order valence-corrected chi connectivity index (χ3v) is 2.63. The molecule has 2 aromatic rings. The van der Waals surface area contributed by atoms with Crippen molar-refractivity contribution in [1.82, 2.24) is 9.13 Å². The van der Waals surface area contributed by atoms with Gasteiger partial charge in [0.15, 0.2) is 0 Å². The number of carbonyl (C=O) groups is 2. The van der Waals surface area contributed by atoms with Crippen LogP contribution in [0.3, 0.4) is 0 Å². The molecule has 0 aliphatic carbocycles. The van der Waals surface area contributed by atoms with Gasteiger partial charge in [0.1, 0.15) is 0 Å². The van der Waals surface area contributed by atoms with Gasteiger partial charge in [-0.05, 0) is 24.6 Å². The van der Waals surface area contributed by atoms with Crippen LogP contribution in [0.15, 0.2) is 23.0 Å². The van der Waals surface area contributed by atoms with E-state index in [1.165, 1.54) is 13.8 Å². The summed E-state index contributed by atoms with van der Waals surface area (Å²) in [4.78, 5) is 34.9. The van der Waals surface area contributed by atoms with E-state index in [1.807, 2.05) is 6.92 Å². The number of aromatic nitrogens is 2. The molecule has 17 heavy (non-hydrogen) atoms. The van der Waals surface area contributed by atoms with Gasteiger partial charge in [-0.25, -0.2) is 13.9 Å². The average Bonchev–Trinajstić information content (AvgIpc) is 2.48. The fourth-order valence-electron chi connectivity index (χ4n) is 1.92. The zero-order chi connectivity index (χ0) is 12.7. The lowest BCUT2D eigenvalue weighted by atomic mass is 10.2. The van der Waals surface area contributed by atoms with Gasteiger partial charge in [0.05, 0.1) is 11.0 Å². The van der Waals surface area contributed by atoms with Gasteiger partial charge < -0.3 is 0 Å². The maximum absolute atomic E-state index is 12.0. The summed E-state index contributed by atoms with van der Waals surface area (Å²) in [5.74, 6) is -0.797. The molecule has 5 heteroatoms. The Morgan fingerprint density at radius 1 is 1.00 bits per heavy atom. The molecule has 0 N–H and O–H groups in total. The summed E-state index contributed by atoms with van der Waals surface area (Å²) in [6.45, 7) is 4.46. The molecule has 1 aromatic heterocycles. The largest absolute Gasteiger partial charge is 0.342 e. The second-order valence-electron chi connectivity index (χ2n) is 3.98. The van der Waals surface area contributed by atoms with Gasteiger partial charge in [-0.15, -0.1) is 0 Å². The summed E-state index contributed by atoms with van der Waals surface area (Å²) < 4.78 is 2.03. The SMILES string of the molecule is CC(=O)n1c(=O)n(C(C)=O)c2cc(C)ccc21. The fraction of sp³-hybridized carbons (Fsp3) is 0.250. The number of aryl methyl sites for hydroxylation is 1. The first-order valence-electron chi connectivity index (χ1n) is 5.19. The molecule has 1 heterocycles. The highest BCUT2D eigenvalue weighted by molar-refractivity contribution is 5.95. The Balaban J connectivity index is 3.04. The van der Waals surface area contributed by atoms with Crippen molar-refractivity contribution in [3.63, 3.8) is 0 Å². The molecule has 88 valence electrons. The Hall–Kier alpha value is -2.17. The minimum atomic E-state index is -0.606. The fourth-order valence-corrected chi connectivity index (χ4v) is 1.92. The molecule has 5 nitrogen and oxygen atoms in total. The van der Waals surface area contributed by atoms with E-state index in [9.17, 15) is 14.4 Å². The summed E-state index contributed by atoms with van der Waals surface area (Å²) >= 11 is 0. The molecule has 0 bridgehead atoms. The number of carbonyl (C=O) groups excluding carboxylic acids is 2. The molecule has 0 saturated heterocycles. The van der Waals surface area contributed by atoms with Crippen molar-refractivity contribution < 1.29 is 9.59 Å². The summed E-state index contributed by atoms with van der Waals surface area (Å²) in [7, 11) is 0. The molecule has 0 radical (unpaired) electrons. The topological polar surface area (TPSA) is 61.1 Å². The number of rotatable bonds is 0. The van der Waals surface area contributed by atoms with Crippen LogP contribution in [0.5, 0.6) is 0 Å². The van der Waals surface area contributed by atoms with E-state index >= 15 is 0 Å². The van der Waals surface area contributed by atoms with E-state index in [2.05, 4.69) is 0 Å². The van der Waals surface area contributed by atoms with Gasteiger partial charge in [0.25, 0.3) is 0 Å². The van der Waals surface area contributed by atoms with Crippen LogP contribution in [0.1, 0.15) is 29.0 Å². The van der Waals surface area contributed by atoms with E-state index in [-0.39, 0.29) is 0 Å². The molecule has 0 saturated carbocycles. The number of hydrogen-bond donors (Lipinski definition) is 0. The first-order chi connectivity index (χ1) is 7.93. The summed E-state index contributed by atoms with van der Waals surface area (Å²) in [5.41, 5.74) is 1.25. The van der Waals surface area contributed by atoms with Gasteiger partial charge >= 0.3 is 5.69 Å². The van der Waals surface area contributed by atoms with Gasteiger partial charge in [0, 0.05) is 13.8 Å². The van der Waals surface area contributed by atoms with Gasteiger partial charge in [0.2, 0.25) is 11.8 Å². The first-order valence-corrected chi connectivity index (χ1v) is 5.19. The Morgan fingerprint density at radius 3 is 2.06 bits per heavy atom. The predicted octanol–water partition coefficient (Wildman–Crippen LogP) is 1.43. The second-order valence-corrected chi connectivity index (χ2v) is 3.98. The Bertz CT molecular complexity index is 692. The number of nitrogens with zero attached hydrogens (tertiary/aromatic N) is 2. The van der Waals surface area contributed by atoms with Crippen LogP contribution in [-0.4, -0.2) is 20.9 Å². The van der Waals surface area contributed by atoms with Crippen LogP contribution >= 0.6 is 0 Å². The lowest BCUT2D eigenvalue weighted by molar-refractivity contribution is 0.0925. The molecule has 0 aliphatic rings. The second kappa shape index (κ2) is 3.69. The van der Waals surface area contributed by atoms with Crippen molar-refractivity contribution in [2.24, 2.45) is 0 Å². The van der Waals surface area contributed by atoms with Crippen LogP contribution in [0.4, 0.5) is 0 Å². The van der Waals surface area contributed by atoms with Crippen molar-refractivity contribution in [3.8, 4) is 0 Å². The molecule has 0 amide bonds. The van der Waals surface area contributed by atoms with Crippen LogP contribution in [-0.2, 0) is 0 Å². The van der Waals surface area contributed by atoms with E-state index < -0.39 is 17.5 Å². The minimum absolute atomic E-state index is 0.398. The first kappa shape index (κ1) is 11.3. The molecule has 0 atom stereocenters. The van der Waals surface area contributed by atoms with Gasteiger partial charge in [-0.1, -0.05) is 6.07 Å². The molecule has 0 aliphatic heterocycles. The van der Waals surface area contributed by atoms with Crippen molar-refractivity contribution in [1.29, 1.82) is 0 Å².